The number of carbonyl (C=O) groups excluding carboxylic acids is 1. The molecule has 1 atom stereocenters. The normalized spacial score (nSPS) is 12.7. The second-order valence-corrected chi connectivity index (χ2v) is 3.56. The first-order chi connectivity index (χ1) is 5.86. The van der Waals surface area contributed by atoms with E-state index in [9.17, 15) is 9.59 Å². The highest BCUT2D eigenvalue weighted by Crippen LogP contribution is 2.08. The monoisotopic (exact) mass is 187 g/mol. The Bertz CT molecular complexity index is 201. The molecule has 76 valence electrons. The van der Waals surface area contributed by atoms with Crippen molar-refractivity contribution in [2.75, 3.05) is 7.05 Å². The lowest BCUT2D eigenvalue weighted by Gasteiger charge is -2.27. The summed E-state index contributed by atoms with van der Waals surface area (Å²) in [7, 11) is 1.63. The van der Waals surface area contributed by atoms with E-state index in [0.717, 1.165) is 0 Å². The summed E-state index contributed by atoms with van der Waals surface area (Å²) in [6.07, 6.45) is -0.423. The summed E-state index contributed by atoms with van der Waals surface area (Å²) in [4.78, 5) is 23.0. The van der Waals surface area contributed by atoms with E-state index < -0.39 is 12.4 Å². The van der Waals surface area contributed by atoms with Crippen LogP contribution in [0.25, 0.3) is 0 Å². The topological polar surface area (TPSA) is 57.6 Å². The molecule has 0 heterocycles. The largest absolute Gasteiger partial charge is 0.481 e. The number of rotatable bonds is 4. The SMILES string of the molecule is CC(C)C(C)N(C)C(=O)CC(=O)O. The van der Waals surface area contributed by atoms with Gasteiger partial charge >= 0.3 is 5.97 Å². The Kier molecular flexibility index (Phi) is 4.45. The number of hydrogen-bond acceptors (Lipinski definition) is 2. The fraction of sp³-hybridized carbons (Fsp3) is 0.778. The van der Waals surface area contributed by atoms with Crippen molar-refractivity contribution in [3.63, 3.8) is 0 Å². The van der Waals surface area contributed by atoms with Gasteiger partial charge in [0.05, 0.1) is 0 Å². The molecule has 0 saturated carbocycles. The molecule has 0 aliphatic rings. The van der Waals surface area contributed by atoms with E-state index in [0.29, 0.717) is 5.92 Å². The molecule has 0 aromatic heterocycles. The average Bonchev–Trinajstić information content (AvgIpc) is 2.00. The van der Waals surface area contributed by atoms with Gasteiger partial charge in [0.25, 0.3) is 0 Å². The molecule has 0 saturated heterocycles. The van der Waals surface area contributed by atoms with Crippen LogP contribution in [0.1, 0.15) is 27.2 Å². The van der Waals surface area contributed by atoms with Crippen molar-refractivity contribution in [2.24, 2.45) is 5.92 Å². The Morgan fingerprint density at radius 1 is 1.31 bits per heavy atom. The Balaban J connectivity index is 4.17. The van der Waals surface area contributed by atoms with Crippen LogP contribution in [0.2, 0.25) is 0 Å². The number of carboxylic acids is 1. The highest BCUT2D eigenvalue weighted by molar-refractivity contribution is 5.93. The molecule has 1 unspecified atom stereocenters. The Morgan fingerprint density at radius 2 is 1.77 bits per heavy atom. The molecule has 0 aliphatic heterocycles. The third-order valence-electron chi connectivity index (χ3n) is 2.27. The van der Waals surface area contributed by atoms with Gasteiger partial charge < -0.3 is 10.0 Å². The lowest BCUT2D eigenvalue weighted by Crippen LogP contribution is -2.39. The molecule has 0 spiro atoms. The third kappa shape index (κ3) is 3.92. The minimum Gasteiger partial charge on any atom is -0.481 e. The summed E-state index contributed by atoms with van der Waals surface area (Å²) in [5, 5.41) is 8.41. The molecule has 0 aromatic rings. The maximum absolute atomic E-state index is 11.2. The van der Waals surface area contributed by atoms with E-state index >= 15 is 0 Å². The smallest absolute Gasteiger partial charge is 0.312 e. The van der Waals surface area contributed by atoms with Gasteiger partial charge in [0.2, 0.25) is 5.91 Å². The maximum atomic E-state index is 11.2. The number of amides is 1. The van der Waals surface area contributed by atoms with Crippen molar-refractivity contribution in [2.45, 2.75) is 33.2 Å². The number of aliphatic carboxylic acids is 1. The van der Waals surface area contributed by atoms with Gasteiger partial charge in [0.1, 0.15) is 6.42 Å². The van der Waals surface area contributed by atoms with Gasteiger partial charge in [-0.2, -0.15) is 0 Å². The van der Waals surface area contributed by atoms with Gasteiger partial charge in [-0.1, -0.05) is 13.8 Å². The van der Waals surface area contributed by atoms with Crippen molar-refractivity contribution >= 4 is 11.9 Å². The molecule has 0 radical (unpaired) electrons. The highest BCUT2D eigenvalue weighted by Gasteiger charge is 2.19. The van der Waals surface area contributed by atoms with E-state index in [4.69, 9.17) is 5.11 Å². The van der Waals surface area contributed by atoms with E-state index in [1.54, 1.807) is 7.05 Å². The fourth-order valence-corrected chi connectivity index (χ4v) is 0.928. The molecule has 4 nitrogen and oxygen atoms in total. The van der Waals surface area contributed by atoms with Crippen molar-refractivity contribution in [1.29, 1.82) is 0 Å². The van der Waals surface area contributed by atoms with Crippen LogP contribution in [0.4, 0.5) is 0 Å². The minimum absolute atomic E-state index is 0.0758. The van der Waals surface area contributed by atoms with E-state index in [1.165, 1.54) is 4.90 Å². The summed E-state index contributed by atoms with van der Waals surface area (Å²) >= 11 is 0. The third-order valence-corrected chi connectivity index (χ3v) is 2.27. The van der Waals surface area contributed by atoms with Crippen LogP contribution in [-0.4, -0.2) is 35.0 Å². The van der Waals surface area contributed by atoms with Crippen molar-refractivity contribution in [3.8, 4) is 0 Å². The van der Waals surface area contributed by atoms with E-state index in [1.807, 2.05) is 20.8 Å². The average molecular weight is 187 g/mol. The second kappa shape index (κ2) is 4.84. The standard InChI is InChI=1S/C9H17NO3/c1-6(2)7(3)10(4)8(11)5-9(12)13/h6-7H,5H2,1-4H3,(H,12,13). The molecule has 0 rings (SSSR count). The highest BCUT2D eigenvalue weighted by atomic mass is 16.4. The van der Waals surface area contributed by atoms with Crippen molar-refractivity contribution in [3.05, 3.63) is 0 Å². The fourth-order valence-electron chi connectivity index (χ4n) is 0.928. The van der Waals surface area contributed by atoms with Gasteiger partial charge in [-0.25, -0.2) is 0 Å². The predicted molar refractivity (Wildman–Crippen MR) is 49.3 cm³/mol. The summed E-state index contributed by atoms with van der Waals surface area (Å²) in [6.45, 7) is 5.90. The number of hydrogen-bond donors (Lipinski definition) is 1. The molecule has 0 bridgehead atoms. The molecular formula is C9H17NO3. The van der Waals surface area contributed by atoms with Crippen LogP contribution in [0.5, 0.6) is 0 Å². The van der Waals surface area contributed by atoms with E-state index in [-0.39, 0.29) is 11.9 Å². The van der Waals surface area contributed by atoms with Gasteiger partial charge in [-0.15, -0.1) is 0 Å². The molecule has 0 aromatic carbocycles. The zero-order valence-corrected chi connectivity index (χ0v) is 8.57. The second-order valence-electron chi connectivity index (χ2n) is 3.56. The lowest BCUT2D eigenvalue weighted by molar-refractivity contribution is -0.144. The first-order valence-electron chi connectivity index (χ1n) is 4.33. The zero-order valence-electron chi connectivity index (χ0n) is 8.57. The van der Waals surface area contributed by atoms with E-state index in [2.05, 4.69) is 0 Å². The van der Waals surface area contributed by atoms with Gasteiger partial charge in [0.15, 0.2) is 0 Å². The van der Waals surface area contributed by atoms with Crippen molar-refractivity contribution < 1.29 is 14.7 Å². The van der Waals surface area contributed by atoms with Crippen molar-refractivity contribution in [1.82, 2.24) is 4.90 Å². The lowest BCUT2D eigenvalue weighted by atomic mass is 10.1. The van der Waals surface area contributed by atoms with Crippen LogP contribution in [-0.2, 0) is 9.59 Å². The first kappa shape index (κ1) is 11.9. The summed E-state index contributed by atoms with van der Waals surface area (Å²) in [6, 6.07) is 0.0758. The number of nitrogens with zero attached hydrogens (tertiary/aromatic N) is 1. The predicted octanol–water partition coefficient (Wildman–Crippen LogP) is 0.964. The molecule has 1 amide bonds. The van der Waals surface area contributed by atoms with Crippen LogP contribution in [0.15, 0.2) is 0 Å². The Morgan fingerprint density at radius 3 is 2.08 bits per heavy atom. The number of carbonyl (C=O) groups is 2. The van der Waals surface area contributed by atoms with Gasteiger partial charge in [0, 0.05) is 13.1 Å². The van der Waals surface area contributed by atoms with Crippen LogP contribution in [0, 0.1) is 5.92 Å². The Hall–Kier alpha value is -1.06. The molecule has 4 heteroatoms. The maximum Gasteiger partial charge on any atom is 0.312 e. The summed E-state index contributed by atoms with van der Waals surface area (Å²) in [5.74, 6) is -1.08. The summed E-state index contributed by atoms with van der Waals surface area (Å²) < 4.78 is 0. The molecule has 1 N–H and O–H groups in total. The first-order valence-corrected chi connectivity index (χ1v) is 4.33. The Labute approximate surface area is 78.5 Å². The minimum atomic E-state index is -1.08. The van der Waals surface area contributed by atoms with Crippen LogP contribution < -0.4 is 0 Å². The molecular weight excluding hydrogens is 170 g/mol. The van der Waals surface area contributed by atoms with Crippen LogP contribution >= 0.6 is 0 Å². The number of carboxylic acid groups (broad SMARTS) is 1. The van der Waals surface area contributed by atoms with Gasteiger partial charge in [-0.3, -0.25) is 9.59 Å². The zero-order chi connectivity index (χ0) is 10.6. The molecule has 13 heavy (non-hydrogen) atoms. The molecule has 0 aliphatic carbocycles. The molecule has 0 fully saturated rings. The van der Waals surface area contributed by atoms with Crippen LogP contribution in [0.3, 0.4) is 0 Å². The summed E-state index contributed by atoms with van der Waals surface area (Å²) in [5.41, 5.74) is 0. The quantitative estimate of drug-likeness (QED) is 0.667. The van der Waals surface area contributed by atoms with Gasteiger partial charge in [-0.05, 0) is 12.8 Å².